The largest absolute Gasteiger partial charge is 0.319 e. The van der Waals surface area contributed by atoms with Crippen LogP contribution >= 0.6 is 27.7 Å². The maximum Gasteiger partial charge on any atom is 0.275 e. The summed E-state index contributed by atoms with van der Waals surface area (Å²) < 4.78 is 0.537. The van der Waals surface area contributed by atoms with Crippen molar-refractivity contribution in [3.8, 4) is 0 Å². The molecule has 120 valence electrons. The van der Waals surface area contributed by atoms with Crippen LogP contribution in [0.4, 0.5) is 11.5 Å². The first kappa shape index (κ1) is 17.4. The summed E-state index contributed by atoms with van der Waals surface area (Å²) in [5.41, 5.74) is 0.761. The predicted molar refractivity (Wildman–Crippen MR) is 94.8 cm³/mol. The lowest BCUT2D eigenvalue weighted by Crippen LogP contribution is -2.16. The van der Waals surface area contributed by atoms with Gasteiger partial charge in [0.1, 0.15) is 11.5 Å². The van der Waals surface area contributed by atoms with Crippen LogP contribution in [0.15, 0.2) is 40.0 Å². The molecule has 2 rings (SSSR count). The molecule has 0 aliphatic rings. The molecule has 0 saturated carbocycles. The number of anilines is 2. The van der Waals surface area contributed by atoms with E-state index < -0.39 is 0 Å². The quantitative estimate of drug-likeness (QED) is 0.757. The topological polar surface area (TPSA) is 84.0 Å². The Balaban J connectivity index is 2.14. The SMILES string of the molecule is CCSc1ccc(NC(=O)c2nc(NC(C)=O)ccc2Br)cn1. The fourth-order valence-corrected chi connectivity index (χ4v) is 2.72. The number of pyridine rings is 2. The lowest BCUT2D eigenvalue weighted by atomic mass is 10.3. The van der Waals surface area contributed by atoms with Crippen molar-refractivity contribution in [1.82, 2.24) is 9.97 Å². The fraction of sp³-hybridized carbons (Fsp3) is 0.200. The molecule has 2 heterocycles. The summed E-state index contributed by atoms with van der Waals surface area (Å²) in [6.45, 7) is 3.43. The number of nitrogens with one attached hydrogen (secondary N) is 2. The third-order valence-electron chi connectivity index (χ3n) is 2.65. The van der Waals surface area contributed by atoms with Crippen molar-refractivity contribution in [1.29, 1.82) is 0 Å². The number of thioether (sulfide) groups is 1. The van der Waals surface area contributed by atoms with Crippen molar-refractivity contribution in [2.24, 2.45) is 0 Å². The highest BCUT2D eigenvalue weighted by Crippen LogP contribution is 2.20. The minimum atomic E-state index is -0.387. The second-order valence-corrected chi connectivity index (χ2v) is 6.62. The molecule has 0 aliphatic heterocycles. The molecule has 0 aromatic carbocycles. The van der Waals surface area contributed by atoms with Crippen LogP contribution in [0.3, 0.4) is 0 Å². The molecule has 0 radical (unpaired) electrons. The molecule has 2 aromatic heterocycles. The van der Waals surface area contributed by atoms with Crippen molar-refractivity contribution in [2.75, 3.05) is 16.4 Å². The van der Waals surface area contributed by atoms with Gasteiger partial charge in [-0.25, -0.2) is 9.97 Å². The van der Waals surface area contributed by atoms with Gasteiger partial charge in [0, 0.05) is 11.4 Å². The summed E-state index contributed by atoms with van der Waals surface area (Å²) in [4.78, 5) is 31.8. The molecule has 23 heavy (non-hydrogen) atoms. The van der Waals surface area contributed by atoms with Crippen LogP contribution in [-0.4, -0.2) is 27.5 Å². The molecule has 2 amide bonds. The molecule has 0 spiro atoms. The number of carbonyl (C=O) groups is 2. The van der Waals surface area contributed by atoms with Gasteiger partial charge >= 0.3 is 0 Å². The number of hydrogen-bond donors (Lipinski definition) is 2. The minimum Gasteiger partial charge on any atom is -0.319 e. The normalized spacial score (nSPS) is 10.2. The lowest BCUT2D eigenvalue weighted by molar-refractivity contribution is -0.114. The number of halogens is 1. The zero-order valence-electron chi connectivity index (χ0n) is 12.6. The molecular formula is C15H15BrN4O2S. The van der Waals surface area contributed by atoms with Crippen LogP contribution in [0.5, 0.6) is 0 Å². The Kier molecular flexibility index (Phi) is 6.12. The van der Waals surface area contributed by atoms with Gasteiger partial charge in [0.15, 0.2) is 0 Å². The van der Waals surface area contributed by atoms with Gasteiger partial charge in [0.25, 0.3) is 5.91 Å². The minimum absolute atomic E-state index is 0.184. The summed E-state index contributed by atoms with van der Waals surface area (Å²) in [6, 6.07) is 6.90. The Bertz CT molecular complexity index is 722. The van der Waals surface area contributed by atoms with Crippen LogP contribution in [0, 0.1) is 0 Å². The number of rotatable bonds is 5. The first-order valence-corrected chi connectivity index (χ1v) is 8.61. The number of carbonyl (C=O) groups excluding carboxylic acids is 2. The highest BCUT2D eigenvalue weighted by atomic mass is 79.9. The van der Waals surface area contributed by atoms with Gasteiger partial charge in [-0.2, -0.15) is 0 Å². The summed E-state index contributed by atoms with van der Waals surface area (Å²) >= 11 is 4.91. The Labute approximate surface area is 146 Å². The van der Waals surface area contributed by atoms with E-state index in [4.69, 9.17) is 0 Å². The maximum absolute atomic E-state index is 12.3. The Morgan fingerprint density at radius 1 is 1.22 bits per heavy atom. The molecule has 2 N–H and O–H groups in total. The van der Waals surface area contributed by atoms with Gasteiger partial charge < -0.3 is 10.6 Å². The molecule has 0 unspecified atom stereocenters. The number of aromatic nitrogens is 2. The highest BCUT2D eigenvalue weighted by Gasteiger charge is 2.14. The predicted octanol–water partition coefficient (Wildman–Crippen LogP) is 3.56. The number of amides is 2. The molecule has 0 fully saturated rings. The Hall–Kier alpha value is -1.93. The summed E-state index contributed by atoms with van der Waals surface area (Å²) in [5, 5.41) is 6.18. The van der Waals surface area contributed by atoms with E-state index in [2.05, 4.69) is 36.5 Å². The summed E-state index contributed by atoms with van der Waals surface area (Å²) in [5.74, 6) is 0.616. The second-order valence-electron chi connectivity index (χ2n) is 4.48. The molecule has 0 saturated heterocycles. The summed E-state index contributed by atoms with van der Waals surface area (Å²) in [6.07, 6.45) is 1.60. The number of nitrogens with zero attached hydrogens (tertiary/aromatic N) is 2. The first-order valence-electron chi connectivity index (χ1n) is 6.84. The molecule has 0 atom stereocenters. The monoisotopic (exact) mass is 394 g/mol. The Morgan fingerprint density at radius 3 is 2.61 bits per heavy atom. The van der Waals surface area contributed by atoms with Gasteiger partial charge in [-0.15, -0.1) is 11.8 Å². The average molecular weight is 395 g/mol. The lowest BCUT2D eigenvalue weighted by Gasteiger charge is -2.08. The van der Waals surface area contributed by atoms with Gasteiger partial charge in [-0.05, 0) is 45.9 Å². The third kappa shape index (κ3) is 5.04. The number of hydrogen-bond acceptors (Lipinski definition) is 5. The fourth-order valence-electron chi connectivity index (χ4n) is 1.73. The average Bonchev–Trinajstić information content (AvgIpc) is 2.51. The van der Waals surface area contributed by atoms with Crippen LogP contribution in [-0.2, 0) is 4.79 Å². The van der Waals surface area contributed by atoms with E-state index in [1.54, 1.807) is 36.2 Å². The van der Waals surface area contributed by atoms with Gasteiger partial charge in [0.05, 0.1) is 16.9 Å². The molecule has 0 aliphatic carbocycles. The zero-order chi connectivity index (χ0) is 16.8. The van der Waals surface area contributed by atoms with Gasteiger partial charge in [-0.1, -0.05) is 6.92 Å². The molecular weight excluding hydrogens is 380 g/mol. The highest BCUT2D eigenvalue weighted by molar-refractivity contribution is 9.10. The van der Waals surface area contributed by atoms with Gasteiger partial charge in [-0.3, -0.25) is 9.59 Å². The smallest absolute Gasteiger partial charge is 0.275 e. The maximum atomic E-state index is 12.3. The van der Waals surface area contributed by atoms with Crippen LogP contribution in [0.1, 0.15) is 24.3 Å². The third-order valence-corrected chi connectivity index (χ3v) is 4.12. The first-order chi connectivity index (χ1) is 11.0. The van der Waals surface area contributed by atoms with E-state index in [1.165, 1.54) is 6.92 Å². The van der Waals surface area contributed by atoms with E-state index in [9.17, 15) is 9.59 Å². The van der Waals surface area contributed by atoms with Crippen LogP contribution in [0.2, 0.25) is 0 Å². The molecule has 8 heteroatoms. The van der Waals surface area contributed by atoms with Crippen molar-refractivity contribution in [3.05, 3.63) is 40.6 Å². The molecule has 0 bridgehead atoms. The van der Waals surface area contributed by atoms with E-state index >= 15 is 0 Å². The van der Waals surface area contributed by atoms with E-state index in [1.807, 2.05) is 13.0 Å². The summed E-state index contributed by atoms with van der Waals surface area (Å²) in [7, 11) is 0. The molecule has 2 aromatic rings. The van der Waals surface area contributed by atoms with Crippen molar-refractivity contribution in [2.45, 2.75) is 18.9 Å². The van der Waals surface area contributed by atoms with E-state index in [-0.39, 0.29) is 17.5 Å². The van der Waals surface area contributed by atoms with Crippen molar-refractivity contribution < 1.29 is 9.59 Å². The zero-order valence-corrected chi connectivity index (χ0v) is 15.0. The van der Waals surface area contributed by atoms with Gasteiger partial charge in [0.2, 0.25) is 5.91 Å². The second kappa shape index (κ2) is 8.07. The van der Waals surface area contributed by atoms with E-state index in [0.29, 0.717) is 16.0 Å². The van der Waals surface area contributed by atoms with E-state index in [0.717, 1.165) is 10.8 Å². The van der Waals surface area contributed by atoms with Crippen molar-refractivity contribution >= 4 is 51.0 Å². The Morgan fingerprint density at radius 2 is 2.00 bits per heavy atom. The van der Waals surface area contributed by atoms with Crippen molar-refractivity contribution in [3.63, 3.8) is 0 Å². The van der Waals surface area contributed by atoms with Crippen LogP contribution in [0.25, 0.3) is 0 Å². The molecule has 6 nitrogen and oxygen atoms in total. The van der Waals surface area contributed by atoms with Crippen LogP contribution < -0.4 is 10.6 Å². The standard InChI is InChI=1S/C15H15BrN4O2S/c1-3-23-13-7-4-10(8-17-13)19-15(22)14-11(16)5-6-12(20-14)18-9(2)21/h4-8H,3H2,1-2H3,(H,19,22)(H,18,20,21).